The van der Waals surface area contributed by atoms with Gasteiger partial charge in [0.05, 0.1) is 0 Å². The summed E-state index contributed by atoms with van der Waals surface area (Å²) in [4.78, 5) is 0. The lowest BCUT2D eigenvalue weighted by atomic mass is 9.98. The third kappa shape index (κ3) is 14.3. The van der Waals surface area contributed by atoms with E-state index in [2.05, 4.69) is 39.8 Å². The second kappa shape index (κ2) is 11.4. The van der Waals surface area contributed by atoms with Crippen LogP contribution in [0.15, 0.2) is 12.2 Å². The highest BCUT2D eigenvalue weighted by Gasteiger charge is 1.99. The lowest BCUT2D eigenvalue weighted by Gasteiger charge is -2.08. The average Bonchev–Trinajstić information content (AvgIpc) is 2.14. The minimum absolute atomic E-state index is 0.741. The Bertz CT molecular complexity index is 125. The van der Waals surface area contributed by atoms with Crippen LogP contribution < -0.4 is 0 Å². The van der Waals surface area contributed by atoms with Gasteiger partial charge in [-0.2, -0.15) is 0 Å². The molecule has 0 bridgehead atoms. The summed E-state index contributed by atoms with van der Waals surface area (Å²) >= 11 is 0. The van der Waals surface area contributed by atoms with E-state index in [1.807, 2.05) is 6.92 Å². The molecular formula is C12H25N. The van der Waals surface area contributed by atoms with E-state index in [0.29, 0.717) is 0 Å². The third-order valence-corrected chi connectivity index (χ3v) is 1.93. The first kappa shape index (κ1) is 14.9. The summed E-state index contributed by atoms with van der Waals surface area (Å²) in [6.07, 6.45) is 7.94. The third-order valence-electron chi connectivity index (χ3n) is 1.93. The molecule has 0 spiro atoms. The van der Waals surface area contributed by atoms with Crippen molar-refractivity contribution in [2.24, 2.45) is 11.8 Å². The molecule has 0 aromatic carbocycles. The van der Waals surface area contributed by atoms with Gasteiger partial charge in [-0.25, -0.2) is 0 Å². The van der Waals surface area contributed by atoms with E-state index in [1.165, 1.54) is 6.21 Å². The van der Waals surface area contributed by atoms with Gasteiger partial charge in [0.25, 0.3) is 0 Å². The molecule has 0 amide bonds. The molecular weight excluding hydrogens is 158 g/mol. The van der Waals surface area contributed by atoms with Gasteiger partial charge in [0.1, 0.15) is 0 Å². The highest BCUT2D eigenvalue weighted by molar-refractivity contribution is 5.51. The molecule has 0 aromatic rings. The Hall–Kier alpha value is -0.590. The van der Waals surface area contributed by atoms with E-state index in [0.717, 1.165) is 24.7 Å². The summed E-state index contributed by atoms with van der Waals surface area (Å²) in [6, 6.07) is 0. The van der Waals surface area contributed by atoms with Gasteiger partial charge in [0.2, 0.25) is 0 Å². The predicted molar refractivity (Wildman–Crippen MR) is 62.5 cm³/mol. The van der Waals surface area contributed by atoms with Crippen LogP contribution in [0.25, 0.3) is 0 Å². The largest absolute Gasteiger partial charge is 0.313 e. The molecule has 1 atom stereocenters. The quantitative estimate of drug-likeness (QED) is 0.496. The standard InChI is InChI=1S/C9H18.C3H7N/c1-5-6-7-9(4)8(2)3;1-2-3-4/h6-9H,5H2,1-4H3;3-4H,2H2,1H3/b7-6-;. The second-order valence-electron chi connectivity index (χ2n) is 3.55. The second-order valence-corrected chi connectivity index (χ2v) is 3.55. The van der Waals surface area contributed by atoms with E-state index < -0.39 is 0 Å². The minimum Gasteiger partial charge on any atom is -0.313 e. The zero-order valence-electron chi connectivity index (χ0n) is 9.80. The van der Waals surface area contributed by atoms with Crippen LogP contribution in [0.5, 0.6) is 0 Å². The molecule has 0 aliphatic rings. The fourth-order valence-corrected chi connectivity index (χ4v) is 0.573. The molecule has 1 unspecified atom stereocenters. The van der Waals surface area contributed by atoms with Gasteiger partial charge >= 0.3 is 0 Å². The van der Waals surface area contributed by atoms with Crippen LogP contribution in [0, 0.1) is 17.2 Å². The number of hydrogen-bond acceptors (Lipinski definition) is 1. The first-order chi connectivity index (χ1) is 6.09. The normalized spacial score (nSPS) is 12.5. The van der Waals surface area contributed by atoms with E-state index >= 15 is 0 Å². The molecule has 0 aromatic heterocycles. The van der Waals surface area contributed by atoms with Crippen molar-refractivity contribution < 1.29 is 0 Å². The number of rotatable bonds is 4. The Morgan fingerprint density at radius 3 is 1.77 bits per heavy atom. The Balaban J connectivity index is 0. The van der Waals surface area contributed by atoms with Crippen LogP contribution in [0.2, 0.25) is 0 Å². The SMILES string of the molecule is CC/C=C\C(C)C(C)C.CCC=N. The maximum absolute atomic E-state index is 6.33. The summed E-state index contributed by atoms with van der Waals surface area (Å²) in [5.74, 6) is 1.53. The van der Waals surface area contributed by atoms with E-state index in [4.69, 9.17) is 5.41 Å². The summed E-state index contributed by atoms with van der Waals surface area (Å²) in [5.41, 5.74) is 0. The topological polar surface area (TPSA) is 23.9 Å². The number of hydrogen-bond donors (Lipinski definition) is 1. The maximum Gasteiger partial charge on any atom is -0.00505 e. The van der Waals surface area contributed by atoms with Crippen LogP contribution in [0.1, 0.15) is 47.5 Å². The van der Waals surface area contributed by atoms with Gasteiger partial charge in [0, 0.05) is 0 Å². The summed E-state index contributed by atoms with van der Waals surface area (Å²) in [5, 5.41) is 6.33. The average molecular weight is 183 g/mol. The molecule has 13 heavy (non-hydrogen) atoms. The molecule has 0 saturated heterocycles. The zero-order valence-corrected chi connectivity index (χ0v) is 9.80. The van der Waals surface area contributed by atoms with E-state index in [9.17, 15) is 0 Å². The number of allylic oxidation sites excluding steroid dienone is 2. The molecule has 0 radical (unpaired) electrons. The molecule has 0 heterocycles. The monoisotopic (exact) mass is 183 g/mol. The summed E-state index contributed by atoms with van der Waals surface area (Å²) < 4.78 is 0. The lowest BCUT2D eigenvalue weighted by molar-refractivity contribution is 0.503. The zero-order chi connectivity index (χ0) is 10.7. The molecule has 1 nitrogen and oxygen atoms in total. The first-order valence-electron chi connectivity index (χ1n) is 5.25. The number of nitrogens with one attached hydrogen (secondary N) is 1. The summed E-state index contributed by atoms with van der Waals surface area (Å²) in [7, 11) is 0. The first-order valence-corrected chi connectivity index (χ1v) is 5.25. The van der Waals surface area contributed by atoms with Gasteiger partial charge in [-0.05, 0) is 30.9 Å². The molecule has 0 aliphatic carbocycles. The van der Waals surface area contributed by atoms with Crippen molar-refractivity contribution in [3.05, 3.63) is 12.2 Å². The van der Waals surface area contributed by atoms with Crippen molar-refractivity contribution in [3.63, 3.8) is 0 Å². The highest BCUT2D eigenvalue weighted by Crippen LogP contribution is 2.10. The Labute approximate surface area is 83.8 Å². The van der Waals surface area contributed by atoms with Gasteiger partial charge in [-0.3, -0.25) is 0 Å². The molecule has 0 rings (SSSR count). The smallest absolute Gasteiger partial charge is 0.00505 e. The Kier molecular flexibility index (Phi) is 13.1. The fourth-order valence-electron chi connectivity index (χ4n) is 0.573. The van der Waals surface area contributed by atoms with Gasteiger partial charge in [-0.15, -0.1) is 0 Å². The Morgan fingerprint density at radius 2 is 1.54 bits per heavy atom. The van der Waals surface area contributed by atoms with Crippen molar-refractivity contribution in [2.75, 3.05) is 0 Å². The minimum atomic E-state index is 0.741. The van der Waals surface area contributed by atoms with Crippen molar-refractivity contribution in [1.82, 2.24) is 0 Å². The molecule has 78 valence electrons. The van der Waals surface area contributed by atoms with Crippen LogP contribution in [-0.4, -0.2) is 6.21 Å². The predicted octanol–water partition coefficient (Wildman–Crippen LogP) is 4.29. The molecule has 1 N–H and O–H groups in total. The van der Waals surface area contributed by atoms with Gasteiger partial charge < -0.3 is 5.41 Å². The molecule has 0 aliphatic heterocycles. The van der Waals surface area contributed by atoms with Crippen LogP contribution >= 0.6 is 0 Å². The van der Waals surface area contributed by atoms with Crippen molar-refractivity contribution in [1.29, 1.82) is 5.41 Å². The van der Waals surface area contributed by atoms with Crippen molar-refractivity contribution in [2.45, 2.75) is 47.5 Å². The van der Waals surface area contributed by atoms with Crippen LogP contribution in [0.3, 0.4) is 0 Å². The molecule has 0 fully saturated rings. The summed E-state index contributed by atoms with van der Waals surface area (Å²) in [6.45, 7) is 10.9. The lowest BCUT2D eigenvalue weighted by Crippen LogP contribution is -1.98. The van der Waals surface area contributed by atoms with E-state index in [-0.39, 0.29) is 0 Å². The van der Waals surface area contributed by atoms with Crippen LogP contribution in [0.4, 0.5) is 0 Å². The highest BCUT2D eigenvalue weighted by atomic mass is 14.3. The molecule has 1 heteroatoms. The van der Waals surface area contributed by atoms with Gasteiger partial charge in [0.15, 0.2) is 0 Å². The van der Waals surface area contributed by atoms with Crippen LogP contribution in [-0.2, 0) is 0 Å². The van der Waals surface area contributed by atoms with Crippen molar-refractivity contribution in [3.8, 4) is 0 Å². The maximum atomic E-state index is 6.33. The molecule has 0 saturated carbocycles. The van der Waals surface area contributed by atoms with Gasteiger partial charge in [-0.1, -0.05) is 46.8 Å². The van der Waals surface area contributed by atoms with E-state index in [1.54, 1.807) is 0 Å². The van der Waals surface area contributed by atoms with Crippen molar-refractivity contribution >= 4 is 6.21 Å². The fraction of sp³-hybridized carbons (Fsp3) is 0.750. The Morgan fingerprint density at radius 1 is 1.08 bits per heavy atom.